The summed E-state index contributed by atoms with van der Waals surface area (Å²) in [5, 5.41) is 14.3. The summed E-state index contributed by atoms with van der Waals surface area (Å²) in [7, 11) is -4.53. The second-order valence-electron chi connectivity index (χ2n) is 16.7. The number of esters is 1. The molecule has 3 heterocycles. The number of benzene rings is 2. The van der Waals surface area contributed by atoms with Gasteiger partial charge in [-0.05, 0) is 49.8 Å². The number of unbranched alkanes of at least 4 members (excludes halogenated alkanes) is 14. The number of nitrogens with one attached hydrogen (secondary N) is 1. The quantitative estimate of drug-likeness (QED) is 0.0149. The van der Waals surface area contributed by atoms with E-state index in [2.05, 4.69) is 39.8 Å². The number of aromatic nitrogens is 4. The van der Waals surface area contributed by atoms with Crippen molar-refractivity contribution in [2.75, 3.05) is 12.3 Å². The fraction of sp³-hybridized carbons (Fsp3) is 0.583. The molecule has 63 heavy (non-hydrogen) atoms. The molecule has 1 fully saturated rings. The first kappa shape index (κ1) is 49.6. The highest BCUT2D eigenvalue weighted by Gasteiger charge is 2.50. The Bertz CT molecular complexity index is 2030. The van der Waals surface area contributed by atoms with Gasteiger partial charge in [0.05, 0.1) is 6.33 Å². The van der Waals surface area contributed by atoms with Crippen LogP contribution in [0.3, 0.4) is 0 Å². The van der Waals surface area contributed by atoms with Gasteiger partial charge in [-0.3, -0.25) is 13.9 Å². The van der Waals surface area contributed by atoms with Gasteiger partial charge >= 0.3 is 19.8 Å². The first-order chi connectivity index (χ1) is 30.6. The lowest BCUT2D eigenvalue weighted by molar-refractivity contribution is -0.152. The smallest absolute Gasteiger partial charge is 0.459 e. The van der Waals surface area contributed by atoms with Crippen molar-refractivity contribution in [1.29, 1.82) is 0 Å². The molecule has 4 N–H and O–H groups in total. The zero-order chi connectivity index (χ0) is 44.9. The molecular weight excluding hydrogens is 823 g/mol. The zero-order valence-electron chi connectivity index (χ0n) is 37.2. The number of fused-ring (bicyclic) bond motifs is 1. The van der Waals surface area contributed by atoms with E-state index in [9.17, 15) is 14.3 Å². The van der Waals surface area contributed by atoms with E-state index < -0.39 is 50.4 Å². The predicted octanol–water partition coefficient (Wildman–Crippen LogP) is 10.6. The van der Waals surface area contributed by atoms with Gasteiger partial charge in [0, 0.05) is 6.42 Å². The lowest BCUT2D eigenvalue weighted by Gasteiger charge is -2.30. The fourth-order valence-electron chi connectivity index (χ4n) is 7.98. The summed E-state index contributed by atoms with van der Waals surface area (Å²) in [6.07, 6.45) is 23.9. The number of terminal acetylenes is 1. The second-order valence-corrected chi connectivity index (χ2v) is 18.4. The first-order valence-corrected chi connectivity index (χ1v) is 24.6. The molecule has 1 aliphatic rings. The van der Waals surface area contributed by atoms with Gasteiger partial charge in [0.2, 0.25) is 0 Å². The van der Waals surface area contributed by atoms with Gasteiger partial charge in [0.1, 0.15) is 36.8 Å². The molecule has 0 aliphatic carbocycles. The molecule has 2 aromatic heterocycles. The van der Waals surface area contributed by atoms with Crippen LogP contribution in [0.2, 0.25) is 0 Å². The van der Waals surface area contributed by atoms with Crippen molar-refractivity contribution in [3.63, 3.8) is 0 Å². The van der Waals surface area contributed by atoms with Crippen LogP contribution in [0.15, 0.2) is 67.0 Å². The number of hydrogen-bond acceptors (Lipinski definition) is 11. The first-order valence-electron chi connectivity index (χ1n) is 23.1. The molecule has 344 valence electrons. The third-order valence-electron chi connectivity index (χ3n) is 11.6. The number of aliphatic hydroxyl groups is 1. The monoisotopic (exact) mass is 890 g/mol. The lowest BCUT2D eigenvalue weighted by atomic mass is 9.99. The minimum Gasteiger partial charge on any atom is -0.461 e. The van der Waals surface area contributed by atoms with Crippen molar-refractivity contribution in [3.8, 4) is 18.1 Å². The number of ether oxygens (including phenoxy) is 2. The summed E-state index contributed by atoms with van der Waals surface area (Å²) in [5.74, 6) is 1.95. The van der Waals surface area contributed by atoms with Gasteiger partial charge < -0.3 is 24.8 Å². The number of para-hydroxylation sites is 1. The maximum atomic E-state index is 15.1. The van der Waals surface area contributed by atoms with Crippen LogP contribution in [0, 0.1) is 18.4 Å². The number of imidazole rings is 1. The molecular formula is C48H68FN6O7P. The fourth-order valence-corrected chi connectivity index (χ4v) is 9.50. The van der Waals surface area contributed by atoms with E-state index in [1.165, 1.54) is 75.1 Å². The second kappa shape index (κ2) is 25.8. The summed E-state index contributed by atoms with van der Waals surface area (Å²) in [6, 6.07) is 16.6. The van der Waals surface area contributed by atoms with Crippen molar-refractivity contribution < 1.29 is 37.4 Å². The Balaban J connectivity index is 1.34. The number of hydrogen-bond donors (Lipinski definition) is 3. The highest BCUT2D eigenvalue weighted by Crippen LogP contribution is 2.48. The molecule has 0 saturated carbocycles. The molecule has 0 unspecified atom stereocenters. The topological polar surface area (TPSA) is 173 Å². The van der Waals surface area contributed by atoms with Crippen molar-refractivity contribution in [2.24, 2.45) is 0 Å². The van der Waals surface area contributed by atoms with Crippen LogP contribution >= 0.6 is 7.75 Å². The molecule has 5 atom stereocenters. The van der Waals surface area contributed by atoms with Gasteiger partial charge in [0.15, 0.2) is 22.6 Å². The average Bonchev–Trinajstić information content (AvgIpc) is 3.85. The van der Waals surface area contributed by atoms with Gasteiger partial charge in [-0.2, -0.15) is 19.4 Å². The van der Waals surface area contributed by atoms with Crippen molar-refractivity contribution in [1.82, 2.24) is 24.6 Å². The Morgan fingerprint density at radius 3 is 2.10 bits per heavy atom. The summed E-state index contributed by atoms with van der Waals surface area (Å²) in [5.41, 5.74) is 4.99. The summed E-state index contributed by atoms with van der Waals surface area (Å²) in [6.45, 7) is 3.82. The zero-order valence-corrected chi connectivity index (χ0v) is 38.1. The minimum absolute atomic E-state index is 0.0380. The van der Waals surface area contributed by atoms with E-state index in [1.807, 2.05) is 30.3 Å². The molecule has 1 aliphatic heterocycles. The summed E-state index contributed by atoms with van der Waals surface area (Å²) < 4.78 is 55.5. The number of halogens is 1. The molecule has 0 radical (unpaired) electrons. The molecule has 0 spiro atoms. The van der Waals surface area contributed by atoms with Crippen LogP contribution in [-0.4, -0.2) is 61.1 Å². The molecule has 13 nitrogen and oxygen atoms in total. The lowest BCUT2D eigenvalue weighted by Crippen LogP contribution is -2.45. The minimum atomic E-state index is -4.53. The average molecular weight is 891 g/mol. The van der Waals surface area contributed by atoms with Gasteiger partial charge in [-0.15, -0.1) is 6.42 Å². The predicted molar refractivity (Wildman–Crippen MR) is 244 cm³/mol. The van der Waals surface area contributed by atoms with Crippen molar-refractivity contribution >= 4 is 30.7 Å². The number of rotatable bonds is 30. The molecule has 4 aromatic rings. The normalized spacial score (nSPS) is 18.9. The molecule has 1 saturated heterocycles. The highest BCUT2D eigenvalue weighted by molar-refractivity contribution is 7.52. The van der Waals surface area contributed by atoms with Crippen LogP contribution in [0.4, 0.5) is 10.2 Å². The van der Waals surface area contributed by atoms with Crippen LogP contribution in [0.5, 0.6) is 5.75 Å². The van der Waals surface area contributed by atoms with Gasteiger partial charge in [0.25, 0.3) is 0 Å². The van der Waals surface area contributed by atoms with Crippen LogP contribution in [0.25, 0.3) is 11.2 Å². The third-order valence-corrected chi connectivity index (χ3v) is 13.2. The largest absolute Gasteiger partial charge is 0.461 e. The number of nitrogen functional groups attached to an aromatic ring is 1. The van der Waals surface area contributed by atoms with E-state index in [0.717, 1.165) is 56.9 Å². The Kier molecular flexibility index (Phi) is 20.3. The Morgan fingerprint density at radius 1 is 0.937 bits per heavy atom. The number of carbonyl (C=O) groups excluding carboxylic acids is 1. The molecule has 2 aromatic carbocycles. The number of nitrogens with two attached hydrogens (primary N) is 1. The molecule has 0 bridgehead atoms. The van der Waals surface area contributed by atoms with Gasteiger partial charge in [-0.1, -0.05) is 158 Å². The summed E-state index contributed by atoms with van der Waals surface area (Å²) in [4.78, 5) is 26.0. The number of aliphatic hydroxyl groups excluding tert-OH is 1. The van der Waals surface area contributed by atoms with E-state index in [1.54, 1.807) is 30.3 Å². The molecule has 15 heteroatoms. The Labute approximate surface area is 373 Å². The van der Waals surface area contributed by atoms with Crippen LogP contribution < -0.4 is 15.3 Å². The number of carbonyl (C=O) groups is 1. The van der Waals surface area contributed by atoms with Crippen molar-refractivity contribution in [2.45, 2.75) is 172 Å². The van der Waals surface area contributed by atoms with E-state index >= 15 is 4.57 Å². The summed E-state index contributed by atoms with van der Waals surface area (Å²) >= 11 is 0. The molecule has 5 rings (SSSR count). The Morgan fingerprint density at radius 2 is 1.51 bits per heavy atom. The van der Waals surface area contributed by atoms with E-state index in [-0.39, 0.29) is 41.7 Å². The highest BCUT2D eigenvalue weighted by atomic mass is 31.2. The van der Waals surface area contributed by atoms with Crippen molar-refractivity contribution in [3.05, 3.63) is 78.6 Å². The molecule has 0 amide bonds. The van der Waals surface area contributed by atoms with E-state index in [4.69, 9.17) is 30.7 Å². The number of nitrogens with zero attached hydrogens (tertiary/aromatic N) is 4. The SMILES string of the molecule is C#C[C@]1(CO[P@@](=O)(N[C@@H](Cc2ccccc2)C(=O)OC(CCCCCCCCCC)CCCCCCCCCC)Oc2ccccc2)O[C@@H](n2cnc3c(N)nc(F)nc32)C[C@@H]1O. The van der Waals surface area contributed by atoms with Crippen LogP contribution in [0.1, 0.15) is 148 Å². The third kappa shape index (κ3) is 15.4. The maximum Gasteiger partial charge on any atom is 0.459 e. The van der Waals surface area contributed by atoms with E-state index in [0.29, 0.717) is 0 Å². The number of anilines is 1. The van der Waals surface area contributed by atoms with Crippen LogP contribution in [-0.2, 0) is 29.8 Å². The maximum absolute atomic E-state index is 15.1. The Hall–Kier alpha value is -4.38. The standard InChI is InChI=1S/C48H68FN6O7P/c1-4-7-9-11-13-15-17-23-29-38(30-24-18-16-14-12-10-8-5-2)60-46(57)40(33-37-27-21-19-22-28-37)54-63(58,62-39-31-25-20-26-32-39)59-35-48(6-3)41(56)34-42(61-48)55-36-51-43-44(50)52-47(49)53-45(43)55/h3,19-22,25-28,31-32,36,38,40-42,56H,4-5,7-18,23-24,29-30,33-35H2,1-2H3,(H,54,58)(H2,50,52,53)/t40-,41-,42+,48+,63-/m0/s1. The van der Waals surface area contributed by atoms with Gasteiger partial charge in [-0.25, -0.2) is 9.55 Å².